The van der Waals surface area contributed by atoms with Gasteiger partial charge in [0.15, 0.2) is 0 Å². The van der Waals surface area contributed by atoms with Gasteiger partial charge in [0.25, 0.3) is 5.97 Å². The van der Waals surface area contributed by atoms with Crippen molar-refractivity contribution in [1.82, 2.24) is 0 Å². The zero-order valence-corrected chi connectivity index (χ0v) is 7.52. The summed E-state index contributed by atoms with van der Waals surface area (Å²) in [5.74, 6) is -0.833. The number of hydrogen-bond acceptors (Lipinski definition) is 1. The summed E-state index contributed by atoms with van der Waals surface area (Å²) in [4.78, 5) is 9.00. The van der Waals surface area contributed by atoms with Gasteiger partial charge in [-0.1, -0.05) is 0 Å². The van der Waals surface area contributed by atoms with Gasteiger partial charge in [-0.05, 0) is 0 Å². The molecule has 0 aliphatic heterocycles. The molecule has 3 nitrogen and oxygen atoms in total. The molecule has 0 aliphatic carbocycles. The molecule has 0 radical (unpaired) electrons. The number of carboxylic acid groups (broad SMARTS) is 1. The largest absolute Gasteiger partial charge is 0.481 e. The van der Waals surface area contributed by atoms with Crippen LogP contribution >= 0.6 is 0 Å². The van der Waals surface area contributed by atoms with Crippen LogP contribution in [0.3, 0.4) is 0 Å². The van der Waals surface area contributed by atoms with Crippen molar-refractivity contribution in [3.8, 4) is 0 Å². The Bertz CT molecular complexity index is 31.8. The summed E-state index contributed by atoms with van der Waals surface area (Å²) in [5, 5.41) is 7.42. The van der Waals surface area contributed by atoms with E-state index in [1.807, 2.05) is 0 Å². The zero-order valence-electron chi connectivity index (χ0n) is 3.36. The molecule has 0 heterocycles. The summed E-state index contributed by atoms with van der Waals surface area (Å²) in [6.45, 7) is 1.08. The van der Waals surface area contributed by atoms with Gasteiger partial charge >= 0.3 is 0 Å². The van der Waals surface area contributed by atoms with Crippen LogP contribution in [0.1, 0.15) is 6.92 Å². The van der Waals surface area contributed by atoms with E-state index in [2.05, 4.69) is 0 Å². The summed E-state index contributed by atoms with van der Waals surface area (Å²) in [7, 11) is 0. The molecular formula is C2H6O3U. The molecule has 0 amide bonds. The maximum absolute atomic E-state index is 9.00. The van der Waals surface area contributed by atoms with E-state index in [1.165, 1.54) is 0 Å². The minimum absolute atomic E-state index is 0. The Hall–Kier alpha value is 0.482. The third-order valence-corrected chi connectivity index (χ3v) is 0. The molecule has 3 N–H and O–H groups in total. The maximum atomic E-state index is 9.00. The molecule has 0 aromatic heterocycles. The monoisotopic (exact) mass is 316 g/mol. The molecule has 0 bridgehead atoms. The van der Waals surface area contributed by atoms with Gasteiger partial charge in [0, 0.05) is 38.0 Å². The molecule has 0 atom stereocenters. The summed E-state index contributed by atoms with van der Waals surface area (Å²) in [6, 6.07) is 0. The fourth-order valence-electron chi connectivity index (χ4n) is 0. The molecular weight excluding hydrogens is 310 g/mol. The molecule has 6 heavy (non-hydrogen) atoms. The third-order valence-electron chi connectivity index (χ3n) is 0. The van der Waals surface area contributed by atoms with Crippen LogP contribution in [0.25, 0.3) is 0 Å². The molecule has 0 unspecified atom stereocenters. The Morgan fingerprint density at radius 1 is 1.67 bits per heavy atom. The van der Waals surface area contributed by atoms with Crippen molar-refractivity contribution < 1.29 is 46.5 Å². The smallest absolute Gasteiger partial charge is 0.300 e. The van der Waals surface area contributed by atoms with E-state index in [0.29, 0.717) is 0 Å². The zero-order chi connectivity index (χ0) is 3.58. The van der Waals surface area contributed by atoms with E-state index in [-0.39, 0.29) is 36.6 Å². The van der Waals surface area contributed by atoms with Crippen LogP contribution in [0.5, 0.6) is 0 Å². The number of aliphatic carboxylic acids is 1. The van der Waals surface area contributed by atoms with Crippen LogP contribution in [-0.2, 0) is 4.79 Å². The van der Waals surface area contributed by atoms with E-state index in [1.54, 1.807) is 0 Å². The second-order valence-electron chi connectivity index (χ2n) is 0.519. The summed E-state index contributed by atoms with van der Waals surface area (Å²) in [6.07, 6.45) is 0. The van der Waals surface area contributed by atoms with Crippen LogP contribution in [0, 0.1) is 31.1 Å². The minimum atomic E-state index is -0.833. The van der Waals surface area contributed by atoms with Gasteiger partial charge < -0.3 is 10.6 Å². The van der Waals surface area contributed by atoms with Crippen LogP contribution in [0.15, 0.2) is 0 Å². The molecule has 0 saturated carbocycles. The molecule has 0 spiro atoms. The first-order chi connectivity index (χ1) is 1.73. The molecule has 0 aromatic carbocycles. The fraction of sp³-hybridized carbons (Fsp3) is 0.500. The number of rotatable bonds is 0. The Kier molecular flexibility index (Phi) is 24.3. The van der Waals surface area contributed by atoms with Crippen LogP contribution in [0.2, 0.25) is 0 Å². The average Bonchev–Trinajstić information content (AvgIpc) is 0.811. The second kappa shape index (κ2) is 9.08. The summed E-state index contributed by atoms with van der Waals surface area (Å²) >= 11 is 0. The minimum Gasteiger partial charge on any atom is -0.481 e. The van der Waals surface area contributed by atoms with E-state index in [9.17, 15) is 0 Å². The second-order valence-corrected chi connectivity index (χ2v) is 0.519. The Labute approximate surface area is 59.4 Å². The summed E-state index contributed by atoms with van der Waals surface area (Å²) < 4.78 is 0. The standard InChI is InChI=1S/C2H4O2.H2O.U/c1-2(3)4;;/h1H3,(H,3,4);1H2;. The predicted octanol–water partition coefficient (Wildman–Crippen LogP) is -0.734. The van der Waals surface area contributed by atoms with Crippen molar-refractivity contribution in [3.05, 3.63) is 0 Å². The van der Waals surface area contributed by atoms with E-state index in [4.69, 9.17) is 9.90 Å². The van der Waals surface area contributed by atoms with Gasteiger partial charge in [-0.2, -0.15) is 0 Å². The first-order valence-corrected chi connectivity index (χ1v) is 0.928. The Balaban J connectivity index is -0.0000000450. The molecule has 0 aromatic rings. The average molecular weight is 316 g/mol. The normalized spacial score (nSPS) is 4.17. The molecule has 0 aliphatic rings. The van der Waals surface area contributed by atoms with Crippen molar-refractivity contribution in [1.29, 1.82) is 0 Å². The molecule has 0 saturated heterocycles. The number of hydrogen-bond donors (Lipinski definition) is 1. The van der Waals surface area contributed by atoms with Crippen molar-refractivity contribution in [2.45, 2.75) is 6.92 Å². The van der Waals surface area contributed by atoms with Crippen LogP contribution < -0.4 is 0 Å². The molecule has 36 valence electrons. The Morgan fingerprint density at radius 2 is 1.67 bits per heavy atom. The summed E-state index contributed by atoms with van der Waals surface area (Å²) in [5.41, 5.74) is 0. The van der Waals surface area contributed by atoms with Gasteiger partial charge in [-0.25, -0.2) is 0 Å². The number of carboxylic acids is 1. The number of carbonyl (C=O) groups is 1. The van der Waals surface area contributed by atoms with Crippen molar-refractivity contribution in [2.24, 2.45) is 0 Å². The van der Waals surface area contributed by atoms with Crippen LogP contribution in [0.4, 0.5) is 0 Å². The molecule has 0 rings (SSSR count). The van der Waals surface area contributed by atoms with Gasteiger partial charge in [0.2, 0.25) is 0 Å². The van der Waals surface area contributed by atoms with E-state index < -0.39 is 5.97 Å². The third kappa shape index (κ3) is 234. The fourth-order valence-corrected chi connectivity index (χ4v) is 0. The van der Waals surface area contributed by atoms with Gasteiger partial charge in [-0.3, -0.25) is 4.79 Å². The van der Waals surface area contributed by atoms with E-state index >= 15 is 0 Å². The maximum Gasteiger partial charge on any atom is 0.300 e. The quantitative estimate of drug-likeness (QED) is 0.640. The predicted molar refractivity (Wildman–Crippen MR) is 16.9 cm³/mol. The SMILES string of the molecule is CC(=O)O.O.[U]. The Morgan fingerprint density at radius 3 is 1.67 bits per heavy atom. The first kappa shape index (κ1) is 16.1. The van der Waals surface area contributed by atoms with Crippen molar-refractivity contribution in [3.63, 3.8) is 0 Å². The topological polar surface area (TPSA) is 68.8 Å². The molecule has 0 fully saturated rings. The van der Waals surface area contributed by atoms with Crippen LogP contribution in [-0.4, -0.2) is 16.6 Å². The first-order valence-electron chi connectivity index (χ1n) is 0.928. The van der Waals surface area contributed by atoms with Crippen molar-refractivity contribution >= 4 is 5.97 Å². The van der Waals surface area contributed by atoms with Gasteiger partial charge in [0.1, 0.15) is 0 Å². The van der Waals surface area contributed by atoms with Gasteiger partial charge in [0.05, 0.1) is 0 Å². The molecule has 4 heteroatoms. The van der Waals surface area contributed by atoms with Gasteiger partial charge in [-0.15, -0.1) is 0 Å². The van der Waals surface area contributed by atoms with E-state index in [0.717, 1.165) is 6.92 Å². The van der Waals surface area contributed by atoms with Crippen molar-refractivity contribution in [2.75, 3.05) is 0 Å².